The number of sulfonamides is 1. The van der Waals surface area contributed by atoms with Crippen molar-refractivity contribution in [1.82, 2.24) is 9.71 Å². The van der Waals surface area contributed by atoms with Crippen molar-refractivity contribution in [2.24, 2.45) is 0 Å². The molecule has 1 aromatic carbocycles. The Morgan fingerprint density at radius 1 is 1.32 bits per heavy atom. The van der Waals surface area contributed by atoms with Crippen LogP contribution in [0.25, 0.3) is 0 Å². The summed E-state index contributed by atoms with van der Waals surface area (Å²) >= 11 is 5.93. The number of halogens is 1. The van der Waals surface area contributed by atoms with E-state index in [9.17, 15) is 8.42 Å². The van der Waals surface area contributed by atoms with Crippen LogP contribution in [0.1, 0.15) is 11.3 Å². The van der Waals surface area contributed by atoms with E-state index in [1.54, 1.807) is 24.3 Å². The quantitative estimate of drug-likeness (QED) is 0.885. The van der Waals surface area contributed by atoms with E-state index in [0.29, 0.717) is 22.7 Å². The van der Waals surface area contributed by atoms with Crippen LogP contribution < -0.4 is 4.72 Å². The van der Waals surface area contributed by atoms with Gasteiger partial charge in [0.1, 0.15) is 6.26 Å². The topological polar surface area (TPSA) is 72.2 Å². The highest BCUT2D eigenvalue weighted by Crippen LogP contribution is 2.17. The van der Waals surface area contributed by atoms with Gasteiger partial charge in [-0.15, -0.1) is 0 Å². The molecular weight excluding hydrogens is 288 g/mol. The van der Waals surface area contributed by atoms with Crippen LogP contribution in [0, 0.1) is 0 Å². The van der Waals surface area contributed by atoms with Gasteiger partial charge in [-0.3, -0.25) is 0 Å². The molecule has 7 heteroatoms. The molecule has 1 aromatic heterocycles. The van der Waals surface area contributed by atoms with Gasteiger partial charge in [-0.05, 0) is 11.6 Å². The lowest BCUT2D eigenvalue weighted by molar-refractivity contribution is 0.555. The van der Waals surface area contributed by atoms with Crippen molar-refractivity contribution < 1.29 is 12.8 Å². The van der Waals surface area contributed by atoms with Crippen LogP contribution in [-0.4, -0.2) is 19.9 Å². The first kappa shape index (κ1) is 14.0. The van der Waals surface area contributed by atoms with E-state index in [1.165, 1.54) is 12.7 Å². The largest absolute Gasteiger partial charge is 0.451 e. The van der Waals surface area contributed by atoms with Crippen LogP contribution in [0.4, 0.5) is 0 Å². The molecule has 0 aliphatic carbocycles. The van der Waals surface area contributed by atoms with Crippen molar-refractivity contribution in [3.05, 3.63) is 53.2 Å². The summed E-state index contributed by atoms with van der Waals surface area (Å²) in [5, 5.41) is 0.448. The Kier molecular flexibility index (Phi) is 4.57. The smallest absolute Gasteiger partial charge is 0.215 e. The third-order valence-corrected chi connectivity index (χ3v) is 4.19. The zero-order valence-electron chi connectivity index (χ0n) is 10.0. The number of nitrogens with zero attached hydrogens (tertiary/aromatic N) is 1. The third kappa shape index (κ3) is 4.34. The van der Waals surface area contributed by atoms with Gasteiger partial charge in [0.15, 0.2) is 6.39 Å². The van der Waals surface area contributed by atoms with E-state index in [1.807, 2.05) is 0 Å². The van der Waals surface area contributed by atoms with E-state index in [2.05, 4.69) is 9.71 Å². The molecule has 1 N–H and O–H groups in total. The summed E-state index contributed by atoms with van der Waals surface area (Å²) in [6, 6.07) is 6.88. The molecule has 0 atom stereocenters. The lowest BCUT2D eigenvalue weighted by atomic mass is 10.2. The second-order valence-corrected chi connectivity index (χ2v) is 6.19. The summed E-state index contributed by atoms with van der Waals surface area (Å²) in [6.45, 7) is 0.277. The first-order valence-electron chi connectivity index (χ1n) is 5.65. The summed E-state index contributed by atoms with van der Waals surface area (Å²) in [5.74, 6) is -0.133. The molecule has 19 heavy (non-hydrogen) atoms. The first-order valence-corrected chi connectivity index (χ1v) is 7.68. The highest BCUT2D eigenvalue weighted by molar-refractivity contribution is 7.88. The minimum atomic E-state index is -3.40. The van der Waals surface area contributed by atoms with Gasteiger partial charge in [0.25, 0.3) is 0 Å². The Labute approximate surface area is 116 Å². The van der Waals surface area contributed by atoms with Crippen LogP contribution in [0.2, 0.25) is 5.02 Å². The fourth-order valence-corrected chi connectivity index (χ4v) is 3.02. The molecule has 0 radical (unpaired) electrons. The summed E-state index contributed by atoms with van der Waals surface area (Å²) in [7, 11) is -3.40. The lowest BCUT2D eigenvalue weighted by Crippen LogP contribution is -2.27. The molecule has 5 nitrogen and oxygen atoms in total. The first-order chi connectivity index (χ1) is 9.07. The fourth-order valence-electron chi connectivity index (χ4n) is 1.57. The average molecular weight is 301 g/mol. The van der Waals surface area contributed by atoms with Gasteiger partial charge >= 0.3 is 0 Å². The second-order valence-electron chi connectivity index (χ2n) is 3.97. The number of hydrogen-bond donors (Lipinski definition) is 1. The maximum atomic E-state index is 11.9. The molecule has 0 spiro atoms. The number of nitrogens with one attached hydrogen (secondary N) is 1. The van der Waals surface area contributed by atoms with E-state index in [4.69, 9.17) is 16.0 Å². The Morgan fingerprint density at radius 2 is 2.11 bits per heavy atom. The van der Waals surface area contributed by atoms with Gasteiger partial charge in [-0.25, -0.2) is 18.1 Å². The molecule has 0 aliphatic heterocycles. The van der Waals surface area contributed by atoms with Gasteiger partial charge < -0.3 is 4.42 Å². The Hall–Kier alpha value is -1.37. The maximum absolute atomic E-state index is 11.9. The van der Waals surface area contributed by atoms with Crippen LogP contribution in [0.15, 0.2) is 41.3 Å². The van der Waals surface area contributed by atoms with E-state index >= 15 is 0 Å². The van der Waals surface area contributed by atoms with Crippen molar-refractivity contribution in [2.45, 2.75) is 12.2 Å². The molecule has 102 valence electrons. The van der Waals surface area contributed by atoms with E-state index in [-0.39, 0.29) is 12.3 Å². The zero-order chi connectivity index (χ0) is 13.7. The standard InChI is InChI=1S/C12H13ClN2O3S/c13-12-4-2-1-3-10(12)8-19(16,17)15-6-5-11-7-18-9-14-11/h1-4,7,9,15H,5-6,8H2. The van der Waals surface area contributed by atoms with Crippen LogP contribution in [0.3, 0.4) is 0 Å². The summed E-state index contributed by atoms with van der Waals surface area (Å²) < 4.78 is 31.0. The normalized spacial score (nSPS) is 11.6. The monoisotopic (exact) mass is 300 g/mol. The van der Waals surface area contributed by atoms with Gasteiger partial charge in [-0.1, -0.05) is 29.8 Å². The predicted molar refractivity (Wildman–Crippen MR) is 72.3 cm³/mol. The fraction of sp³-hybridized carbons (Fsp3) is 0.250. The molecule has 0 fully saturated rings. The van der Waals surface area contributed by atoms with Gasteiger partial charge in [0.05, 0.1) is 11.4 Å². The third-order valence-electron chi connectivity index (χ3n) is 2.49. The maximum Gasteiger partial charge on any atom is 0.215 e. The SMILES string of the molecule is O=S(=O)(Cc1ccccc1Cl)NCCc1cocn1. The molecule has 0 amide bonds. The molecule has 2 aromatic rings. The molecule has 0 bridgehead atoms. The lowest BCUT2D eigenvalue weighted by Gasteiger charge is -2.07. The Balaban J connectivity index is 1.90. The van der Waals surface area contributed by atoms with Gasteiger partial charge in [0, 0.05) is 18.0 Å². The van der Waals surface area contributed by atoms with Crippen molar-refractivity contribution >= 4 is 21.6 Å². The second kappa shape index (κ2) is 6.18. The number of hydrogen-bond acceptors (Lipinski definition) is 4. The van der Waals surface area contributed by atoms with E-state index < -0.39 is 10.0 Å². The van der Waals surface area contributed by atoms with Crippen LogP contribution >= 0.6 is 11.6 Å². The molecule has 0 saturated heterocycles. The number of benzene rings is 1. The summed E-state index contributed by atoms with van der Waals surface area (Å²) in [6.07, 6.45) is 3.29. The van der Waals surface area contributed by atoms with Crippen LogP contribution in [0.5, 0.6) is 0 Å². The number of aromatic nitrogens is 1. The summed E-state index contributed by atoms with van der Waals surface area (Å²) in [5.41, 5.74) is 1.29. The zero-order valence-corrected chi connectivity index (χ0v) is 11.6. The predicted octanol–water partition coefficient (Wildman–Crippen LogP) is 1.99. The summed E-state index contributed by atoms with van der Waals surface area (Å²) in [4.78, 5) is 3.91. The van der Waals surface area contributed by atoms with Crippen LogP contribution in [-0.2, 0) is 22.2 Å². The molecule has 2 rings (SSSR count). The Bertz CT molecular complexity index is 626. The molecule has 1 heterocycles. The number of oxazole rings is 1. The van der Waals surface area contributed by atoms with E-state index in [0.717, 1.165) is 0 Å². The van der Waals surface area contributed by atoms with Crippen molar-refractivity contribution in [3.8, 4) is 0 Å². The van der Waals surface area contributed by atoms with Gasteiger partial charge in [0.2, 0.25) is 10.0 Å². The minimum absolute atomic E-state index is 0.133. The molecule has 0 aliphatic rings. The molecule has 0 saturated carbocycles. The van der Waals surface area contributed by atoms with Gasteiger partial charge in [-0.2, -0.15) is 0 Å². The highest BCUT2D eigenvalue weighted by Gasteiger charge is 2.13. The number of rotatable bonds is 6. The van der Waals surface area contributed by atoms with Crippen molar-refractivity contribution in [2.75, 3.05) is 6.54 Å². The molecule has 0 unspecified atom stereocenters. The average Bonchev–Trinajstić information content (AvgIpc) is 2.85. The Morgan fingerprint density at radius 3 is 2.79 bits per heavy atom. The minimum Gasteiger partial charge on any atom is -0.451 e. The van der Waals surface area contributed by atoms with Crippen molar-refractivity contribution in [3.63, 3.8) is 0 Å². The highest BCUT2D eigenvalue weighted by atomic mass is 35.5. The van der Waals surface area contributed by atoms with Crippen molar-refractivity contribution in [1.29, 1.82) is 0 Å². The molecular formula is C12H13ClN2O3S.